The quantitative estimate of drug-likeness (QED) is 0.791. The minimum atomic E-state index is -0.457. The zero-order chi connectivity index (χ0) is 10.7. The van der Waals surface area contributed by atoms with E-state index in [9.17, 15) is 5.11 Å². The minimum Gasteiger partial charge on any atom is -0.493 e. The number of hydrogen-bond donors (Lipinski definition) is 2. The Hall–Kier alpha value is -1.06. The molecule has 0 saturated carbocycles. The molecule has 0 aromatic heterocycles. The minimum absolute atomic E-state index is 0.104. The first-order chi connectivity index (χ1) is 7.33. The molecule has 0 bridgehead atoms. The summed E-state index contributed by atoms with van der Waals surface area (Å²) in [5.41, 5.74) is 0.867. The van der Waals surface area contributed by atoms with Crippen LogP contribution >= 0.6 is 0 Å². The number of aliphatic hydroxyl groups is 2. The number of para-hydroxylation sites is 1. The molecule has 1 aliphatic heterocycles. The van der Waals surface area contributed by atoms with Gasteiger partial charge >= 0.3 is 0 Å². The number of ether oxygens (including phenoxy) is 1. The van der Waals surface area contributed by atoms with Gasteiger partial charge in [-0.15, -0.1) is 0 Å². The Bertz CT molecular complexity index is 324. The molecule has 3 nitrogen and oxygen atoms in total. The van der Waals surface area contributed by atoms with Crippen molar-refractivity contribution in [2.75, 3.05) is 13.2 Å². The smallest absolute Gasteiger partial charge is 0.125 e. The van der Waals surface area contributed by atoms with Gasteiger partial charge in [-0.3, -0.25) is 0 Å². The molecule has 0 saturated heterocycles. The molecular weight excluding hydrogens is 192 g/mol. The summed E-state index contributed by atoms with van der Waals surface area (Å²) in [5, 5.41) is 18.8. The molecule has 0 aliphatic carbocycles. The molecule has 0 amide bonds. The van der Waals surface area contributed by atoms with Gasteiger partial charge in [-0.05, 0) is 18.9 Å². The van der Waals surface area contributed by atoms with Crippen LogP contribution in [0.15, 0.2) is 24.3 Å². The van der Waals surface area contributed by atoms with Crippen molar-refractivity contribution in [3.8, 4) is 5.75 Å². The average Bonchev–Trinajstić information content (AvgIpc) is 2.29. The molecule has 2 atom stereocenters. The van der Waals surface area contributed by atoms with Gasteiger partial charge in [0, 0.05) is 18.1 Å². The van der Waals surface area contributed by atoms with Crippen molar-refractivity contribution in [1.29, 1.82) is 0 Å². The predicted molar refractivity (Wildman–Crippen MR) is 56.7 cm³/mol. The normalized spacial score (nSPS) is 24.4. The van der Waals surface area contributed by atoms with Crippen LogP contribution < -0.4 is 4.74 Å². The Labute approximate surface area is 89.3 Å². The van der Waals surface area contributed by atoms with Crippen LogP contribution in [0.2, 0.25) is 0 Å². The van der Waals surface area contributed by atoms with Gasteiger partial charge in [-0.2, -0.15) is 0 Å². The second-order valence-electron chi connectivity index (χ2n) is 3.92. The van der Waals surface area contributed by atoms with E-state index in [1.807, 2.05) is 24.3 Å². The highest BCUT2D eigenvalue weighted by Gasteiger charge is 2.28. The van der Waals surface area contributed by atoms with Crippen molar-refractivity contribution >= 4 is 0 Å². The van der Waals surface area contributed by atoms with Crippen LogP contribution in [0, 0.1) is 5.92 Å². The van der Waals surface area contributed by atoms with Gasteiger partial charge in [-0.1, -0.05) is 18.2 Å². The molecule has 0 spiro atoms. The molecule has 1 aromatic carbocycles. The van der Waals surface area contributed by atoms with E-state index >= 15 is 0 Å². The molecule has 1 aromatic rings. The Morgan fingerprint density at radius 1 is 1.33 bits per heavy atom. The Balaban J connectivity index is 2.11. The van der Waals surface area contributed by atoms with E-state index in [0.29, 0.717) is 13.0 Å². The highest BCUT2D eigenvalue weighted by molar-refractivity contribution is 5.36. The van der Waals surface area contributed by atoms with Crippen molar-refractivity contribution in [2.24, 2.45) is 5.92 Å². The standard InChI is InChI=1S/C12H16O3/c13-7-3-4-9-8-15-11-6-2-1-5-10(11)12(9)14/h1-2,5-6,9,12-14H,3-4,7-8H2. The summed E-state index contributed by atoms with van der Waals surface area (Å²) >= 11 is 0. The van der Waals surface area contributed by atoms with Crippen molar-refractivity contribution in [3.63, 3.8) is 0 Å². The van der Waals surface area contributed by atoms with Crippen LogP contribution in [0.3, 0.4) is 0 Å². The van der Waals surface area contributed by atoms with Crippen molar-refractivity contribution in [2.45, 2.75) is 18.9 Å². The largest absolute Gasteiger partial charge is 0.493 e. The SMILES string of the molecule is OCCCC1COc2ccccc2C1O. The third kappa shape index (κ3) is 2.13. The number of fused-ring (bicyclic) bond motifs is 1. The molecule has 82 valence electrons. The van der Waals surface area contributed by atoms with E-state index in [-0.39, 0.29) is 12.5 Å². The number of rotatable bonds is 3. The fourth-order valence-corrected chi connectivity index (χ4v) is 1.99. The van der Waals surface area contributed by atoms with Crippen LogP contribution in [-0.2, 0) is 0 Å². The lowest BCUT2D eigenvalue weighted by molar-refractivity contribution is 0.0426. The summed E-state index contributed by atoms with van der Waals surface area (Å²) in [7, 11) is 0. The first-order valence-electron chi connectivity index (χ1n) is 5.33. The fraction of sp³-hybridized carbons (Fsp3) is 0.500. The maximum Gasteiger partial charge on any atom is 0.125 e. The maximum absolute atomic E-state index is 10.1. The van der Waals surface area contributed by atoms with E-state index in [4.69, 9.17) is 9.84 Å². The van der Waals surface area contributed by atoms with E-state index < -0.39 is 6.10 Å². The van der Waals surface area contributed by atoms with Gasteiger partial charge in [0.15, 0.2) is 0 Å². The zero-order valence-corrected chi connectivity index (χ0v) is 8.60. The van der Waals surface area contributed by atoms with Crippen LogP contribution in [0.4, 0.5) is 0 Å². The molecule has 1 aliphatic rings. The van der Waals surface area contributed by atoms with Crippen LogP contribution in [0.5, 0.6) is 5.75 Å². The van der Waals surface area contributed by atoms with Crippen molar-refractivity contribution in [3.05, 3.63) is 29.8 Å². The van der Waals surface area contributed by atoms with Crippen LogP contribution in [0.1, 0.15) is 24.5 Å². The maximum atomic E-state index is 10.1. The Kier molecular flexibility index (Phi) is 3.23. The second kappa shape index (κ2) is 4.64. The lowest BCUT2D eigenvalue weighted by Gasteiger charge is -2.30. The zero-order valence-electron chi connectivity index (χ0n) is 8.60. The van der Waals surface area contributed by atoms with Gasteiger partial charge < -0.3 is 14.9 Å². The molecule has 2 N–H and O–H groups in total. The predicted octanol–water partition coefficient (Wildman–Crippen LogP) is 1.50. The summed E-state index contributed by atoms with van der Waals surface area (Å²) < 4.78 is 5.56. The summed E-state index contributed by atoms with van der Waals surface area (Å²) in [4.78, 5) is 0. The summed E-state index contributed by atoms with van der Waals surface area (Å²) in [5.74, 6) is 0.886. The monoisotopic (exact) mass is 208 g/mol. The van der Waals surface area contributed by atoms with Crippen LogP contribution in [-0.4, -0.2) is 23.4 Å². The first-order valence-corrected chi connectivity index (χ1v) is 5.33. The third-order valence-electron chi connectivity index (χ3n) is 2.87. The third-order valence-corrected chi connectivity index (χ3v) is 2.87. The van der Waals surface area contributed by atoms with Gasteiger partial charge in [0.05, 0.1) is 12.7 Å². The van der Waals surface area contributed by atoms with E-state index in [1.54, 1.807) is 0 Å². The van der Waals surface area contributed by atoms with Gasteiger partial charge in [0.25, 0.3) is 0 Å². The Morgan fingerprint density at radius 3 is 2.93 bits per heavy atom. The highest BCUT2D eigenvalue weighted by atomic mass is 16.5. The molecular formula is C12H16O3. The molecule has 2 unspecified atom stereocenters. The number of benzene rings is 1. The van der Waals surface area contributed by atoms with Crippen molar-refractivity contribution < 1.29 is 14.9 Å². The second-order valence-corrected chi connectivity index (χ2v) is 3.92. The average molecular weight is 208 g/mol. The summed E-state index contributed by atoms with van der Waals surface area (Å²) in [6.07, 6.45) is 1.06. The summed E-state index contributed by atoms with van der Waals surface area (Å²) in [6.45, 7) is 0.711. The lowest BCUT2D eigenvalue weighted by atomic mass is 9.90. The summed E-state index contributed by atoms with van der Waals surface area (Å²) in [6, 6.07) is 7.57. The topological polar surface area (TPSA) is 49.7 Å². The van der Waals surface area contributed by atoms with E-state index in [1.165, 1.54) is 0 Å². The van der Waals surface area contributed by atoms with E-state index in [0.717, 1.165) is 17.7 Å². The lowest BCUT2D eigenvalue weighted by Crippen LogP contribution is -2.26. The molecule has 15 heavy (non-hydrogen) atoms. The molecule has 3 heteroatoms. The molecule has 2 rings (SSSR count). The van der Waals surface area contributed by atoms with Gasteiger partial charge in [0.1, 0.15) is 5.75 Å². The molecule has 1 heterocycles. The number of aliphatic hydroxyl groups excluding tert-OH is 2. The first kappa shape index (κ1) is 10.5. The highest BCUT2D eigenvalue weighted by Crippen LogP contribution is 2.36. The molecule has 0 fully saturated rings. The van der Waals surface area contributed by atoms with Crippen LogP contribution in [0.25, 0.3) is 0 Å². The number of hydrogen-bond acceptors (Lipinski definition) is 3. The van der Waals surface area contributed by atoms with Crippen molar-refractivity contribution in [1.82, 2.24) is 0 Å². The fourth-order valence-electron chi connectivity index (χ4n) is 1.99. The molecule has 0 radical (unpaired) electrons. The Morgan fingerprint density at radius 2 is 2.13 bits per heavy atom. The van der Waals surface area contributed by atoms with Gasteiger partial charge in [-0.25, -0.2) is 0 Å². The van der Waals surface area contributed by atoms with E-state index in [2.05, 4.69) is 0 Å². The van der Waals surface area contributed by atoms with Gasteiger partial charge in [0.2, 0.25) is 0 Å².